The van der Waals surface area contributed by atoms with E-state index in [9.17, 15) is 14.4 Å². The van der Waals surface area contributed by atoms with Gasteiger partial charge in [0.1, 0.15) is 0 Å². The molecule has 6 nitrogen and oxygen atoms in total. The molecule has 0 bridgehead atoms. The summed E-state index contributed by atoms with van der Waals surface area (Å²) in [4.78, 5) is 36.2. The summed E-state index contributed by atoms with van der Waals surface area (Å²) in [5.41, 5.74) is 0.333. The highest BCUT2D eigenvalue weighted by molar-refractivity contribution is 6.39. The van der Waals surface area contributed by atoms with Crippen LogP contribution in [0.15, 0.2) is 48.5 Å². The van der Waals surface area contributed by atoms with Crippen LogP contribution in [0.1, 0.15) is 22.0 Å². The predicted octanol–water partition coefficient (Wildman–Crippen LogP) is 3.35. The van der Waals surface area contributed by atoms with E-state index in [2.05, 4.69) is 10.6 Å². The average Bonchev–Trinajstić information content (AvgIpc) is 2.60. The maximum absolute atomic E-state index is 12.5. The lowest BCUT2D eigenvalue weighted by atomic mass is 10.1. The van der Waals surface area contributed by atoms with Gasteiger partial charge in [0.05, 0.1) is 15.6 Å². The topological polar surface area (TPSA) is 84.5 Å². The van der Waals surface area contributed by atoms with Gasteiger partial charge in [-0.05, 0) is 12.1 Å². The number of hydrogen-bond acceptors (Lipinski definition) is 4. The van der Waals surface area contributed by atoms with Crippen molar-refractivity contribution in [2.75, 3.05) is 7.05 Å². The fraction of sp³-hybridized carbons (Fsp3) is 0.118. The number of esters is 1. The van der Waals surface area contributed by atoms with E-state index < -0.39 is 24.0 Å². The number of urea groups is 1. The van der Waals surface area contributed by atoms with Crippen LogP contribution in [0.3, 0.4) is 0 Å². The first-order chi connectivity index (χ1) is 11.9. The first-order valence-electron chi connectivity index (χ1n) is 7.16. The van der Waals surface area contributed by atoms with Gasteiger partial charge in [-0.2, -0.15) is 0 Å². The Morgan fingerprint density at radius 1 is 0.960 bits per heavy atom. The van der Waals surface area contributed by atoms with E-state index in [0.29, 0.717) is 5.56 Å². The minimum atomic E-state index is -1.35. The highest BCUT2D eigenvalue weighted by Gasteiger charge is 2.28. The Bertz CT molecular complexity index is 776. The van der Waals surface area contributed by atoms with Crippen molar-refractivity contribution < 1.29 is 19.1 Å². The average molecular weight is 381 g/mol. The van der Waals surface area contributed by atoms with Gasteiger partial charge in [0, 0.05) is 12.6 Å². The van der Waals surface area contributed by atoms with Crippen LogP contribution in [-0.4, -0.2) is 25.0 Å². The molecule has 0 fully saturated rings. The van der Waals surface area contributed by atoms with Crippen molar-refractivity contribution in [2.24, 2.45) is 0 Å². The van der Waals surface area contributed by atoms with Gasteiger partial charge in [0.15, 0.2) is 0 Å². The van der Waals surface area contributed by atoms with Crippen LogP contribution < -0.4 is 10.6 Å². The summed E-state index contributed by atoms with van der Waals surface area (Å²) >= 11 is 12.0. The molecule has 0 aromatic heterocycles. The molecule has 0 aliphatic carbocycles. The van der Waals surface area contributed by atoms with Gasteiger partial charge in [0.2, 0.25) is 6.10 Å². The van der Waals surface area contributed by atoms with E-state index in [0.717, 1.165) is 0 Å². The van der Waals surface area contributed by atoms with Gasteiger partial charge in [-0.25, -0.2) is 9.59 Å². The molecular weight excluding hydrogens is 367 g/mol. The molecule has 0 heterocycles. The number of rotatable bonds is 4. The van der Waals surface area contributed by atoms with Crippen molar-refractivity contribution in [1.82, 2.24) is 10.6 Å². The molecule has 0 radical (unpaired) electrons. The Kier molecular flexibility index (Phi) is 6.38. The second-order valence-corrected chi connectivity index (χ2v) is 5.68. The van der Waals surface area contributed by atoms with Crippen molar-refractivity contribution in [2.45, 2.75) is 6.10 Å². The zero-order valence-electron chi connectivity index (χ0n) is 13.1. The summed E-state index contributed by atoms with van der Waals surface area (Å²) in [6.07, 6.45) is -1.35. The molecule has 0 aliphatic rings. The second-order valence-electron chi connectivity index (χ2n) is 4.86. The summed E-state index contributed by atoms with van der Waals surface area (Å²) < 4.78 is 5.29. The van der Waals surface area contributed by atoms with Crippen LogP contribution in [0.4, 0.5) is 4.79 Å². The summed E-state index contributed by atoms with van der Waals surface area (Å²) in [5.74, 6) is -1.68. The van der Waals surface area contributed by atoms with Crippen molar-refractivity contribution in [3.05, 3.63) is 69.7 Å². The number of hydrogen-bond donors (Lipinski definition) is 2. The van der Waals surface area contributed by atoms with E-state index in [1.54, 1.807) is 36.4 Å². The minimum Gasteiger partial charge on any atom is -0.444 e. The third-order valence-corrected chi connectivity index (χ3v) is 3.83. The van der Waals surface area contributed by atoms with E-state index in [4.69, 9.17) is 27.9 Å². The summed E-state index contributed by atoms with van der Waals surface area (Å²) in [6.45, 7) is 0. The quantitative estimate of drug-likeness (QED) is 0.796. The maximum atomic E-state index is 12.5. The number of nitrogens with one attached hydrogen (secondary N) is 2. The van der Waals surface area contributed by atoms with Crippen molar-refractivity contribution in [3.8, 4) is 0 Å². The number of benzene rings is 2. The Morgan fingerprint density at radius 3 is 2.12 bits per heavy atom. The number of amides is 3. The third-order valence-electron chi connectivity index (χ3n) is 3.20. The lowest BCUT2D eigenvalue weighted by Gasteiger charge is -2.18. The first kappa shape index (κ1) is 18.8. The number of carbonyl (C=O) groups excluding carboxylic acids is 3. The zero-order valence-corrected chi connectivity index (χ0v) is 14.6. The van der Waals surface area contributed by atoms with Gasteiger partial charge in [-0.15, -0.1) is 0 Å². The first-order valence-corrected chi connectivity index (χ1v) is 7.92. The number of halogens is 2. The second kappa shape index (κ2) is 8.50. The molecule has 2 rings (SSSR count). The van der Waals surface area contributed by atoms with Crippen LogP contribution in [0.25, 0.3) is 0 Å². The third kappa shape index (κ3) is 4.71. The van der Waals surface area contributed by atoms with Gasteiger partial charge in [-0.1, -0.05) is 59.6 Å². The summed E-state index contributed by atoms with van der Waals surface area (Å²) in [5, 5.41) is 4.52. The highest BCUT2D eigenvalue weighted by atomic mass is 35.5. The molecular formula is C17H14Cl2N2O4. The number of carbonyl (C=O) groups is 3. The van der Waals surface area contributed by atoms with Crippen molar-refractivity contribution >= 4 is 41.1 Å². The molecule has 0 unspecified atom stereocenters. The number of ether oxygens (including phenoxy) is 1. The molecule has 0 saturated heterocycles. The number of imide groups is 1. The van der Waals surface area contributed by atoms with Crippen LogP contribution in [0.2, 0.25) is 10.0 Å². The molecule has 130 valence electrons. The molecule has 8 heteroatoms. The smallest absolute Gasteiger partial charge is 0.342 e. The summed E-state index contributed by atoms with van der Waals surface area (Å²) in [7, 11) is 1.36. The Morgan fingerprint density at radius 2 is 1.56 bits per heavy atom. The van der Waals surface area contributed by atoms with E-state index in [1.165, 1.54) is 19.2 Å². The van der Waals surface area contributed by atoms with Crippen LogP contribution in [-0.2, 0) is 9.53 Å². The lowest BCUT2D eigenvalue weighted by Crippen LogP contribution is -2.41. The van der Waals surface area contributed by atoms with Crippen LogP contribution >= 0.6 is 23.2 Å². The Hall–Kier alpha value is -2.57. The standard InChI is InChI=1S/C17H14Cl2N2O4/c1-20-17(24)21-15(22)14(10-6-3-2-4-7-10)25-16(23)13-11(18)8-5-9-12(13)19/h2-9,14H,1H3,(H2,20,21,22,24)/t14-/m1/s1. The normalized spacial score (nSPS) is 11.3. The van der Waals surface area contributed by atoms with E-state index in [-0.39, 0.29) is 15.6 Å². The fourth-order valence-electron chi connectivity index (χ4n) is 2.00. The van der Waals surface area contributed by atoms with Gasteiger partial charge < -0.3 is 10.1 Å². The minimum absolute atomic E-state index is 0.0560. The Labute approximate surface area is 154 Å². The molecule has 3 amide bonds. The van der Waals surface area contributed by atoms with Crippen molar-refractivity contribution in [3.63, 3.8) is 0 Å². The maximum Gasteiger partial charge on any atom is 0.342 e. The summed E-state index contributed by atoms with van der Waals surface area (Å²) in [6, 6.07) is 12.1. The Balaban J connectivity index is 2.31. The monoisotopic (exact) mass is 380 g/mol. The largest absolute Gasteiger partial charge is 0.444 e. The molecule has 2 aromatic carbocycles. The van der Waals surface area contributed by atoms with Crippen molar-refractivity contribution in [1.29, 1.82) is 0 Å². The van der Waals surface area contributed by atoms with Gasteiger partial charge in [-0.3, -0.25) is 10.1 Å². The SMILES string of the molecule is CNC(=O)NC(=O)[C@H](OC(=O)c1c(Cl)cccc1Cl)c1ccccc1. The van der Waals surface area contributed by atoms with Gasteiger partial charge >= 0.3 is 12.0 Å². The molecule has 0 saturated carbocycles. The molecule has 0 aliphatic heterocycles. The molecule has 0 spiro atoms. The lowest BCUT2D eigenvalue weighted by molar-refractivity contribution is -0.129. The van der Waals surface area contributed by atoms with E-state index in [1.807, 2.05) is 0 Å². The van der Waals surface area contributed by atoms with E-state index >= 15 is 0 Å². The predicted molar refractivity (Wildman–Crippen MR) is 93.7 cm³/mol. The molecule has 2 aromatic rings. The zero-order chi connectivity index (χ0) is 18.4. The molecule has 1 atom stereocenters. The van der Waals surface area contributed by atoms with Gasteiger partial charge in [0.25, 0.3) is 5.91 Å². The molecule has 25 heavy (non-hydrogen) atoms. The highest BCUT2D eigenvalue weighted by Crippen LogP contribution is 2.27. The van der Waals surface area contributed by atoms with Crippen LogP contribution in [0.5, 0.6) is 0 Å². The fourth-order valence-corrected chi connectivity index (χ4v) is 2.55. The van der Waals surface area contributed by atoms with Crippen LogP contribution in [0, 0.1) is 0 Å². The molecule has 2 N–H and O–H groups in total.